The van der Waals surface area contributed by atoms with E-state index in [1.54, 1.807) is 0 Å². The van der Waals surface area contributed by atoms with E-state index in [0.717, 1.165) is 17.0 Å². The van der Waals surface area contributed by atoms with Crippen LogP contribution in [-0.2, 0) is 0 Å². The standard InChI is InChI=1S/C25H20NO/c1-18-8-7-13-22-16-26(17-27-25(18)22)24-15-21-12-6-5-11-20(21)14-23(24)19-9-3-2-4-10-19/h2-16H,17H2,1H3/q+1. The zero-order valence-electron chi connectivity index (χ0n) is 15.2. The van der Waals surface area contributed by atoms with Crippen LogP contribution >= 0.6 is 0 Å². The molecule has 130 valence electrons. The van der Waals surface area contributed by atoms with Crippen LogP contribution < -0.4 is 4.74 Å². The first-order chi connectivity index (χ1) is 13.3. The number of benzene rings is 4. The maximum absolute atomic E-state index is 6.12. The molecule has 5 rings (SSSR count). The van der Waals surface area contributed by atoms with Crippen LogP contribution in [-0.4, -0.2) is 17.5 Å². The minimum Gasteiger partial charge on any atom is -0.435 e. The summed E-state index contributed by atoms with van der Waals surface area (Å²) in [6, 6.07) is 29.9. The average Bonchev–Trinajstić information content (AvgIpc) is 2.73. The second-order valence-corrected chi connectivity index (χ2v) is 6.95. The summed E-state index contributed by atoms with van der Waals surface area (Å²) in [5.74, 6) is 0.982. The molecule has 4 aromatic rings. The van der Waals surface area contributed by atoms with Gasteiger partial charge in [-0.1, -0.05) is 66.7 Å². The summed E-state index contributed by atoms with van der Waals surface area (Å²) >= 11 is 0. The summed E-state index contributed by atoms with van der Waals surface area (Å²) in [6.45, 7) is 2.60. The normalized spacial score (nSPS) is 13.0. The molecule has 0 fully saturated rings. The predicted molar refractivity (Wildman–Crippen MR) is 111 cm³/mol. The number of para-hydroxylation sites is 1. The third kappa shape index (κ3) is 2.80. The van der Waals surface area contributed by atoms with Crippen molar-refractivity contribution in [3.05, 3.63) is 96.1 Å². The first-order valence-electron chi connectivity index (χ1n) is 9.22. The summed E-state index contributed by atoms with van der Waals surface area (Å²) in [5.41, 5.74) is 5.87. The van der Waals surface area contributed by atoms with Gasteiger partial charge in [-0.15, -0.1) is 0 Å². The molecule has 0 atom stereocenters. The maximum atomic E-state index is 6.12. The molecule has 1 aliphatic rings. The second-order valence-electron chi connectivity index (χ2n) is 6.95. The fraction of sp³-hybridized carbons (Fsp3) is 0.0800. The third-order valence-electron chi connectivity index (χ3n) is 5.14. The third-order valence-corrected chi connectivity index (χ3v) is 5.14. The number of fused-ring (bicyclic) bond motifs is 2. The lowest BCUT2D eigenvalue weighted by molar-refractivity contribution is -0.475. The van der Waals surface area contributed by atoms with Gasteiger partial charge in [0.05, 0.1) is 11.1 Å². The first-order valence-corrected chi connectivity index (χ1v) is 9.22. The summed E-state index contributed by atoms with van der Waals surface area (Å²) in [4.78, 5) is 0. The number of ether oxygens (including phenoxy) is 1. The van der Waals surface area contributed by atoms with Gasteiger partial charge in [-0.2, -0.15) is 4.58 Å². The quantitative estimate of drug-likeness (QED) is 0.408. The van der Waals surface area contributed by atoms with E-state index in [1.165, 1.54) is 27.5 Å². The van der Waals surface area contributed by atoms with Crippen molar-refractivity contribution < 1.29 is 9.31 Å². The van der Waals surface area contributed by atoms with Gasteiger partial charge in [0, 0.05) is 6.07 Å². The lowest BCUT2D eigenvalue weighted by Crippen LogP contribution is -2.21. The van der Waals surface area contributed by atoms with Crippen molar-refractivity contribution in [3.63, 3.8) is 0 Å². The average molecular weight is 350 g/mol. The Balaban J connectivity index is 1.75. The summed E-state index contributed by atoms with van der Waals surface area (Å²) in [7, 11) is 0. The fourth-order valence-electron chi connectivity index (χ4n) is 3.77. The number of nitrogens with zero attached hydrogens (tertiary/aromatic N) is 1. The van der Waals surface area contributed by atoms with E-state index in [4.69, 9.17) is 4.74 Å². The first kappa shape index (κ1) is 15.8. The number of rotatable bonds is 2. The topological polar surface area (TPSA) is 12.2 Å². The Morgan fingerprint density at radius 1 is 0.778 bits per heavy atom. The summed E-state index contributed by atoms with van der Waals surface area (Å²) < 4.78 is 8.32. The van der Waals surface area contributed by atoms with Gasteiger partial charge in [0.15, 0.2) is 6.21 Å². The molecule has 0 saturated carbocycles. The highest BCUT2D eigenvalue weighted by Gasteiger charge is 2.23. The molecule has 0 bridgehead atoms. The molecule has 0 amide bonds. The Labute approximate surface area is 159 Å². The summed E-state index contributed by atoms with van der Waals surface area (Å²) in [6.07, 6.45) is 2.20. The van der Waals surface area contributed by atoms with Crippen molar-refractivity contribution in [2.75, 3.05) is 6.73 Å². The number of hydrogen-bond donors (Lipinski definition) is 0. The second kappa shape index (κ2) is 6.40. The van der Waals surface area contributed by atoms with E-state index in [-0.39, 0.29) is 0 Å². The van der Waals surface area contributed by atoms with Crippen LogP contribution in [0.1, 0.15) is 11.1 Å². The molecule has 0 N–H and O–H groups in total. The smallest absolute Gasteiger partial charge is 0.292 e. The molecular formula is C25H20NO+. The van der Waals surface area contributed by atoms with Gasteiger partial charge in [-0.25, -0.2) is 0 Å². The number of hydrogen-bond acceptors (Lipinski definition) is 1. The van der Waals surface area contributed by atoms with Gasteiger partial charge in [0.2, 0.25) is 5.69 Å². The Morgan fingerprint density at radius 2 is 1.52 bits per heavy atom. The van der Waals surface area contributed by atoms with Crippen LogP contribution in [0.2, 0.25) is 0 Å². The van der Waals surface area contributed by atoms with E-state index in [2.05, 4.69) is 103 Å². The van der Waals surface area contributed by atoms with Crippen molar-refractivity contribution in [2.45, 2.75) is 6.92 Å². The SMILES string of the molecule is Cc1cccc2c1OC[N+](c1cc3ccccc3cc1-c1ccccc1)=C2. The Morgan fingerprint density at radius 3 is 2.33 bits per heavy atom. The van der Waals surface area contributed by atoms with Gasteiger partial charge in [-0.3, -0.25) is 0 Å². The van der Waals surface area contributed by atoms with E-state index in [0.29, 0.717) is 6.73 Å². The molecule has 2 heteroatoms. The molecule has 1 aliphatic heterocycles. The van der Waals surface area contributed by atoms with Crippen LogP contribution in [0.25, 0.3) is 21.9 Å². The molecule has 0 spiro atoms. The minimum absolute atomic E-state index is 0.510. The van der Waals surface area contributed by atoms with Crippen LogP contribution in [0.4, 0.5) is 5.69 Å². The Hall–Kier alpha value is -3.39. The van der Waals surface area contributed by atoms with Gasteiger partial charge in [0.25, 0.3) is 6.73 Å². The van der Waals surface area contributed by atoms with E-state index < -0.39 is 0 Å². The highest BCUT2D eigenvalue weighted by atomic mass is 16.5. The molecule has 0 radical (unpaired) electrons. The molecule has 2 nitrogen and oxygen atoms in total. The highest BCUT2D eigenvalue weighted by Crippen LogP contribution is 2.36. The molecule has 0 aromatic heterocycles. The van der Waals surface area contributed by atoms with Gasteiger partial charge in [0.1, 0.15) is 5.75 Å². The van der Waals surface area contributed by atoms with Crippen molar-refractivity contribution in [3.8, 4) is 16.9 Å². The highest BCUT2D eigenvalue weighted by molar-refractivity contribution is 5.93. The monoisotopic (exact) mass is 350 g/mol. The molecule has 27 heavy (non-hydrogen) atoms. The Kier molecular flexibility index (Phi) is 3.75. The van der Waals surface area contributed by atoms with Crippen molar-refractivity contribution >= 4 is 22.7 Å². The lowest BCUT2D eigenvalue weighted by atomic mass is 9.98. The van der Waals surface area contributed by atoms with Gasteiger partial charge >= 0.3 is 0 Å². The predicted octanol–water partition coefficient (Wildman–Crippen LogP) is 5.93. The molecule has 0 saturated heterocycles. The molecular weight excluding hydrogens is 330 g/mol. The molecule has 4 aromatic carbocycles. The van der Waals surface area contributed by atoms with Crippen molar-refractivity contribution in [2.24, 2.45) is 0 Å². The zero-order valence-corrected chi connectivity index (χ0v) is 15.2. The fourth-order valence-corrected chi connectivity index (χ4v) is 3.77. The maximum Gasteiger partial charge on any atom is 0.292 e. The largest absolute Gasteiger partial charge is 0.435 e. The van der Waals surface area contributed by atoms with Crippen LogP contribution in [0.3, 0.4) is 0 Å². The zero-order chi connectivity index (χ0) is 18.2. The van der Waals surface area contributed by atoms with Crippen LogP contribution in [0, 0.1) is 6.92 Å². The lowest BCUT2D eigenvalue weighted by Gasteiger charge is -2.17. The van der Waals surface area contributed by atoms with Crippen molar-refractivity contribution in [1.82, 2.24) is 0 Å². The number of aryl methyl sites for hydroxylation is 1. The van der Waals surface area contributed by atoms with Crippen LogP contribution in [0.5, 0.6) is 5.75 Å². The Bertz CT molecular complexity index is 1180. The van der Waals surface area contributed by atoms with E-state index >= 15 is 0 Å². The minimum atomic E-state index is 0.510. The van der Waals surface area contributed by atoms with E-state index in [1.807, 2.05) is 0 Å². The molecule has 1 heterocycles. The van der Waals surface area contributed by atoms with Crippen molar-refractivity contribution in [1.29, 1.82) is 0 Å². The molecule has 0 aliphatic carbocycles. The molecule has 0 unspecified atom stereocenters. The van der Waals surface area contributed by atoms with Gasteiger partial charge in [-0.05, 0) is 41.0 Å². The van der Waals surface area contributed by atoms with Crippen LogP contribution in [0.15, 0.2) is 84.9 Å². The summed E-state index contributed by atoms with van der Waals surface area (Å²) in [5, 5.41) is 2.48. The van der Waals surface area contributed by atoms with E-state index in [9.17, 15) is 0 Å². The van der Waals surface area contributed by atoms with Gasteiger partial charge < -0.3 is 4.74 Å².